The zero-order valence-electron chi connectivity index (χ0n) is 18.6. The van der Waals surface area contributed by atoms with Crippen molar-refractivity contribution in [2.45, 2.75) is 57.1 Å². The molecule has 0 saturated carbocycles. The van der Waals surface area contributed by atoms with Gasteiger partial charge in [0.25, 0.3) is 0 Å². The van der Waals surface area contributed by atoms with Gasteiger partial charge in [0.1, 0.15) is 17.5 Å². The second kappa shape index (κ2) is 11.4. The van der Waals surface area contributed by atoms with Crippen molar-refractivity contribution >= 4 is 43.0 Å². The Morgan fingerprint density at radius 1 is 1.10 bits per heavy atom. The van der Waals surface area contributed by atoms with E-state index < -0.39 is 23.4 Å². The van der Waals surface area contributed by atoms with Crippen LogP contribution in [0.15, 0.2) is 0 Å². The third-order valence-electron chi connectivity index (χ3n) is 4.36. The van der Waals surface area contributed by atoms with Gasteiger partial charge >= 0.3 is 13.7 Å². The summed E-state index contributed by atoms with van der Waals surface area (Å²) in [6, 6.07) is 0. The number of Topliss-reactive ketones (excluding diaryl/α,β-unsaturated/α-hetero) is 1. The molecular formula is C19H36NO6PS2. The monoisotopic (exact) mass is 469 g/mol. The van der Waals surface area contributed by atoms with Crippen molar-refractivity contribution in [1.29, 1.82) is 0 Å². The second-order valence-corrected chi connectivity index (χ2v) is 14.0. The molecule has 1 amide bonds. The molecule has 0 aliphatic carbocycles. The fraction of sp³-hybridized carbons (Fsp3) is 0.895. The van der Waals surface area contributed by atoms with Gasteiger partial charge in [0.05, 0.1) is 4.08 Å². The van der Waals surface area contributed by atoms with Crippen molar-refractivity contribution in [3.8, 4) is 0 Å². The molecule has 29 heavy (non-hydrogen) atoms. The summed E-state index contributed by atoms with van der Waals surface area (Å²) in [6.07, 6.45) is 0.508. The SMILES string of the molecule is COP(=O)(CC(=O)CC1(CNC(=O)OC(C)(C)C)SCC(C)CC(C)CS1)OC. The van der Waals surface area contributed by atoms with Crippen molar-refractivity contribution < 1.29 is 27.9 Å². The minimum Gasteiger partial charge on any atom is -0.444 e. The van der Waals surface area contributed by atoms with Crippen molar-refractivity contribution in [1.82, 2.24) is 5.32 Å². The van der Waals surface area contributed by atoms with Gasteiger partial charge in [0, 0.05) is 27.2 Å². The molecule has 170 valence electrons. The quantitative estimate of drug-likeness (QED) is 0.507. The molecular weight excluding hydrogens is 433 g/mol. The maximum absolute atomic E-state index is 12.8. The molecule has 1 N–H and O–H groups in total. The lowest BCUT2D eigenvalue weighted by Gasteiger charge is -2.37. The maximum Gasteiger partial charge on any atom is 0.407 e. The van der Waals surface area contributed by atoms with Gasteiger partial charge in [-0.3, -0.25) is 9.36 Å². The van der Waals surface area contributed by atoms with E-state index in [1.165, 1.54) is 14.2 Å². The van der Waals surface area contributed by atoms with Gasteiger partial charge in [-0.25, -0.2) is 4.79 Å². The number of hydrogen-bond acceptors (Lipinski definition) is 8. The molecule has 10 heteroatoms. The highest BCUT2D eigenvalue weighted by Crippen LogP contribution is 2.49. The number of ether oxygens (including phenoxy) is 1. The highest BCUT2D eigenvalue weighted by atomic mass is 32.2. The van der Waals surface area contributed by atoms with Crippen LogP contribution in [-0.2, 0) is 23.1 Å². The fourth-order valence-corrected chi connectivity index (χ4v) is 7.03. The molecule has 1 fully saturated rings. The standard InChI is InChI=1S/C19H36NO6PS2/c1-14-8-15(2)12-29-19(28-11-14,13-20-17(22)26-18(3,4)5)9-16(21)10-27(23,24-6)25-7/h14-15H,8-13H2,1-7H3,(H,20,22). The summed E-state index contributed by atoms with van der Waals surface area (Å²) in [5.74, 6) is 2.58. The number of thioether (sulfide) groups is 2. The van der Waals surface area contributed by atoms with Crippen LogP contribution in [0.5, 0.6) is 0 Å². The number of nitrogens with one attached hydrogen (secondary N) is 1. The Morgan fingerprint density at radius 3 is 2.07 bits per heavy atom. The van der Waals surface area contributed by atoms with Gasteiger partial charge < -0.3 is 19.1 Å². The largest absolute Gasteiger partial charge is 0.444 e. The van der Waals surface area contributed by atoms with Gasteiger partial charge in [-0.05, 0) is 50.5 Å². The third kappa shape index (κ3) is 10.1. The minimum atomic E-state index is -3.42. The van der Waals surface area contributed by atoms with Crippen molar-refractivity contribution in [3.63, 3.8) is 0 Å². The van der Waals surface area contributed by atoms with E-state index >= 15 is 0 Å². The van der Waals surface area contributed by atoms with Crippen LogP contribution in [0.3, 0.4) is 0 Å². The molecule has 2 unspecified atom stereocenters. The van der Waals surface area contributed by atoms with Crippen LogP contribution in [0.4, 0.5) is 4.79 Å². The van der Waals surface area contributed by atoms with Gasteiger partial charge in [-0.2, -0.15) is 0 Å². The van der Waals surface area contributed by atoms with E-state index in [1.807, 2.05) is 20.8 Å². The molecule has 1 heterocycles. The first-order chi connectivity index (χ1) is 13.3. The van der Waals surface area contributed by atoms with Gasteiger partial charge in [-0.1, -0.05) is 13.8 Å². The van der Waals surface area contributed by atoms with E-state index in [1.54, 1.807) is 23.5 Å². The summed E-state index contributed by atoms with van der Waals surface area (Å²) < 4.78 is 27.0. The highest BCUT2D eigenvalue weighted by Gasteiger charge is 2.39. The lowest BCUT2D eigenvalue weighted by atomic mass is 10.0. The summed E-state index contributed by atoms with van der Waals surface area (Å²) in [5.41, 5.74) is -0.596. The first-order valence-corrected chi connectivity index (χ1v) is 13.5. The smallest absolute Gasteiger partial charge is 0.407 e. The molecule has 0 radical (unpaired) electrons. The molecule has 0 bridgehead atoms. The molecule has 2 atom stereocenters. The molecule has 1 rings (SSSR count). The van der Waals surface area contributed by atoms with E-state index in [9.17, 15) is 14.2 Å². The predicted molar refractivity (Wildman–Crippen MR) is 121 cm³/mol. The van der Waals surface area contributed by atoms with Crippen molar-refractivity contribution in [3.05, 3.63) is 0 Å². The molecule has 1 saturated heterocycles. The van der Waals surface area contributed by atoms with E-state index in [0.717, 1.165) is 17.9 Å². The number of ketones is 1. The summed E-state index contributed by atoms with van der Waals surface area (Å²) in [7, 11) is -0.869. The highest BCUT2D eigenvalue weighted by molar-refractivity contribution is 8.18. The van der Waals surface area contributed by atoms with Crippen LogP contribution in [0.2, 0.25) is 0 Å². The topological polar surface area (TPSA) is 90.9 Å². The molecule has 1 aliphatic rings. The van der Waals surface area contributed by atoms with Crippen LogP contribution in [0, 0.1) is 11.8 Å². The van der Waals surface area contributed by atoms with Crippen LogP contribution >= 0.6 is 31.1 Å². The number of carbonyl (C=O) groups is 2. The lowest BCUT2D eigenvalue weighted by Crippen LogP contribution is -2.43. The Hall–Kier alpha value is -0.210. The average molecular weight is 470 g/mol. The van der Waals surface area contributed by atoms with E-state index in [-0.39, 0.29) is 24.9 Å². The number of hydrogen-bond donors (Lipinski definition) is 1. The number of rotatable bonds is 8. The Bertz CT molecular complexity index is 590. The zero-order chi connectivity index (χ0) is 22.3. The van der Waals surface area contributed by atoms with Crippen LogP contribution in [0.25, 0.3) is 0 Å². The Kier molecular flexibility index (Phi) is 10.6. The normalized spacial score (nSPS) is 26.3. The predicted octanol–water partition coefficient (Wildman–Crippen LogP) is 4.79. The van der Waals surface area contributed by atoms with Crippen LogP contribution in [-0.4, -0.2) is 60.0 Å². The van der Waals surface area contributed by atoms with E-state index in [4.69, 9.17) is 13.8 Å². The Labute approximate surface area is 183 Å². The van der Waals surface area contributed by atoms with Crippen molar-refractivity contribution in [2.24, 2.45) is 11.8 Å². The number of amides is 1. The molecule has 1 aliphatic heterocycles. The van der Waals surface area contributed by atoms with E-state index in [0.29, 0.717) is 11.8 Å². The summed E-state index contributed by atoms with van der Waals surface area (Å²) in [6.45, 7) is 10.1. The minimum absolute atomic E-state index is 0.161. The lowest BCUT2D eigenvalue weighted by molar-refractivity contribution is -0.117. The summed E-state index contributed by atoms with van der Waals surface area (Å²) in [5, 5.41) is 2.84. The average Bonchev–Trinajstić information content (AvgIpc) is 2.60. The number of alkyl carbamates (subject to hydrolysis) is 1. The number of carbonyl (C=O) groups excluding carboxylic acids is 2. The van der Waals surface area contributed by atoms with Crippen LogP contribution < -0.4 is 5.32 Å². The summed E-state index contributed by atoms with van der Waals surface area (Å²) >= 11 is 3.37. The molecule has 0 aromatic carbocycles. The van der Waals surface area contributed by atoms with E-state index in [2.05, 4.69) is 19.2 Å². The first kappa shape index (κ1) is 26.8. The summed E-state index contributed by atoms with van der Waals surface area (Å²) in [4.78, 5) is 25.0. The van der Waals surface area contributed by atoms with Crippen LogP contribution in [0.1, 0.15) is 47.5 Å². The van der Waals surface area contributed by atoms with Gasteiger partial charge in [0.2, 0.25) is 0 Å². The molecule has 7 nitrogen and oxygen atoms in total. The first-order valence-electron chi connectivity index (χ1n) is 9.79. The van der Waals surface area contributed by atoms with Gasteiger partial charge in [-0.15, -0.1) is 23.5 Å². The third-order valence-corrected chi connectivity index (χ3v) is 10.0. The molecule has 0 spiro atoms. The molecule has 0 aromatic rings. The Balaban J connectivity index is 2.96. The second-order valence-electron chi connectivity index (χ2n) is 8.68. The fourth-order valence-electron chi connectivity index (χ4n) is 3.02. The maximum atomic E-state index is 12.8. The zero-order valence-corrected chi connectivity index (χ0v) is 21.1. The Morgan fingerprint density at radius 2 is 1.62 bits per heavy atom. The van der Waals surface area contributed by atoms with Crippen molar-refractivity contribution in [2.75, 3.05) is 38.4 Å². The van der Waals surface area contributed by atoms with Gasteiger partial charge in [0.15, 0.2) is 0 Å². The molecule has 0 aromatic heterocycles.